The number of nitrogens with zero attached hydrogens (tertiary/aromatic N) is 2. The molecule has 0 aliphatic heterocycles. The summed E-state index contributed by atoms with van der Waals surface area (Å²) in [6, 6.07) is 0.198. The van der Waals surface area contributed by atoms with Crippen molar-refractivity contribution < 1.29 is 44.8 Å². The van der Waals surface area contributed by atoms with Gasteiger partial charge in [-0.1, -0.05) is 0 Å². The molecule has 0 aliphatic carbocycles. The number of nitro benzene ring substituents is 1. The summed E-state index contributed by atoms with van der Waals surface area (Å²) < 4.78 is 97.9. The molecule has 158 valence electrons. The number of nitrogens with one attached hydrogen (secondary N) is 1. The van der Waals surface area contributed by atoms with Crippen molar-refractivity contribution in [3.63, 3.8) is 0 Å². The molecule has 2 rings (SSSR count). The van der Waals surface area contributed by atoms with E-state index in [9.17, 15) is 40.8 Å². The molecular weight excluding hydrogens is 419 g/mol. The maximum absolute atomic E-state index is 13.1. The first-order valence-corrected chi connectivity index (χ1v) is 7.35. The number of alkyl halides is 7. The highest BCUT2D eigenvalue weighted by Crippen LogP contribution is 2.45. The van der Waals surface area contributed by atoms with E-state index in [1.54, 1.807) is 0 Å². The largest absolute Gasteiger partial charge is 0.496 e. The first kappa shape index (κ1) is 22.0. The molecule has 7 nitrogen and oxygen atoms in total. The van der Waals surface area contributed by atoms with Crippen molar-refractivity contribution in [2.45, 2.75) is 18.1 Å². The van der Waals surface area contributed by atoms with Gasteiger partial charge in [0.25, 0.3) is 5.69 Å². The number of ether oxygens (including phenoxy) is 1. The molecular formula is C15H10F7N3O4. The summed E-state index contributed by atoms with van der Waals surface area (Å²) in [7, 11) is 1.22. The molecule has 1 aromatic carbocycles. The second-order valence-electron chi connectivity index (χ2n) is 5.36. The average Bonchev–Trinajstić information content (AvgIpc) is 3.08. The van der Waals surface area contributed by atoms with Crippen LogP contribution in [-0.2, 0) is 0 Å². The molecule has 0 saturated carbocycles. The van der Waals surface area contributed by atoms with Crippen LogP contribution < -0.4 is 10.2 Å². The van der Waals surface area contributed by atoms with Crippen molar-refractivity contribution in [2.75, 3.05) is 7.11 Å². The molecule has 1 aromatic heterocycles. The van der Waals surface area contributed by atoms with E-state index in [0.717, 1.165) is 18.2 Å². The minimum Gasteiger partial charge on any atom is -0.496 e. The Bertz CT molecular complexity index is 925. The number of non-ortho nitro benzene ring substituents is 1. The molecule has 0 saturated heterocycles. The molecule has 14 heteroatoms. The second kappa shape index (κ2) is 7.60. The maximum Gasteiger partial charge on any atom is 0.462 e. The Morgan fingerprint density at radius 3 is 2.34 bits per heavy atom. The Morgan fingerprint density at radius 1 is 1.14 bits per heavy atom. The SMILES string of the molecule is COc1cc([N+](=O)[O-])ccc1-c1ccc(/C=N/NC(F)(F)C(F)(F)C(F)(F)F)o1. The van der Waals surface area contributed by atoms with E-state index in [2.05, 4.69) is 5.10 Å². The minimum absolute atomic E-state index is 0.0329. The predicted molar refractivity (Wildman–Crippen MR) is 84.0 cm³/mol. The normalized spacial score (nSPS) is 13.0. The highest BCUT2D eigenvalue weighted by Gasteiger charge is 2.73. The Hall–Kier alpha value is -3.32. The minimum atomic E-state index is -6.50. The molecule has 0 unspecified atom stereocenters. The first-order chi connectivity index (χ1) is 13.3. The molecule has 0 radical (unpaired) electrons. The maximum atomic E-state index is 13.1. The fourth-order valence-corrected chi connectivity index (χ4v) is 1.99. The summed E-state index contributed by atoms with van der Waals surface area (Å²) in [6.45, 7) is 0. The van der Waals surface area contributed by atoms with Gasteiger partial charge in [0.15, 0.2) is 0 Å². The van der Waals surface area contributed by atoms with Gasteiger partial charge in [-0.05, 0) is 18.2 Å². The lowest BCUT2D eigenvalue weighted by Crippen LogP contribution is -2.58. The Balaban J connectivity index is 2.20. The molecule has 0 atom stereocenters. The number of methoxy groups -OCH3 is 1. The molecule has 29 heavy (non-hydrogen) atoms. The topological polar surface area (TPSA) is 89.9 Å². The van der Waals surface area contributed by atoms with Gasteiger partial charge in [0, 0.05) is 6.07 Å². The van der Waals surface area contributed by atoms with Crippen molar-refractivity contribution >= 4 is 11.9 Å². The number of nitro groups is 1. The first-order valence-electron chi connectivity index (χ1n) is 7.35. The van der Waals surface area contributed by atoms with Crippen LogP contribution in [-0.4, -0.2) is 36.4 Å². The van der Waals surface area contributed by atoms with E-state index in [0.29, 0.717) is 11.6 Å². The molecule has 0 aliphatic rings. The lowest BCUT2D eigenvalue weighted by molar-refractivity contribution is -0.384. The van der Waals surface area contributed by atoms with Crippen LogP contribution in [0.15, 0.2) is 39.9 Å². The lowest BCUT2D eigenvalue weighted by atomic mass is 10.1. The van der Waals surface area contributed by atoms with Crippen LogP contribution in [0.25, 0.3) is 11.3 Å². The van der Waals surface area contributed by atoms with Gasteiger partial charge in [0.2, 0.25) is 0 Å². The van der Waals surface area contributed by atoms with Gasteiger partial charge < -0.3 is 9.15 Å². The fraction of sp³-hybridized carbons (Fsp3) is 0.267. The molecule has 0 fully saturated rings. The van der Waals surface area contributed by atoms with Crippen molar-refractivity contribution in [2.24, 2.45) is 5.10 Å². The zero-order chi connectivity index (χ0) is 22.0. The summed E-state index contributed by atoms with van der Waals surface area (Å²) in [6.07, 6.45) is -6.05. The lowest BCUT2D eigenvalue weighted by Gasteiger charge is -2.27. The van der Waals surface area contributed by atoms with Gasteiger partial charge in [0.1, 0.15) is 17.3 Å². The smallest absolute Gasteiger partial charge is 0.462 e. The number of benzene rings is 1. The number of hydrogen-bond acceptors (Lipinski definition) is 6. The summed E-state index contributed by atoms with van der Waals surface area (Å²) in [5, 5.41) is 13.4. The highest BCUT2D eigenvalue weighted by molar-refractivity contribution is 5.78. The van der Waals surface area contributed by atoms with E-state index >= 15 is 0 Å². The summed E-state index contributed by atoms with van der Waals surface area (Å²) in [5.41, 5.74) is 0.393. The van der Waals surface area contributed by atoms with Gasteiger partial charge in [0.05, 0.1) is 29.9 Å². The van der Waals surface area contributed by atoms with Crippen LogP contribution in [0, 0.1) is 10.1 Å². The van der Waals surface area contributed by atoms with E-state index < -0.39 is 23.1 Å². The highest BCUT2D eigenvalue weighted by atomic mass is 19.4. The van der Waals surface area contributed by atoms with Crippen LogP contribution in [0.1, 0.15) is 5.76 Å². The molecule has 2 aromatic rings. The van der Waals surface area contributed by atoms with Crippen molar-refractivity contribution in [3.05, 3.63) is 46.2 Å². The van der Waals surface area contributed by atoms with Crippen LogP contribution in [0.4, 0.5) is 36.4 Å². The fourth-order valence-electron chi connectivity index (χ4n) is 1.99. The number of furan rings is 1. The van der Waals surface area contributed by atoms with Crippen molar-refractivity contribution in [1.82, 2.24) is 5.43 Å². The number of halogens is 7. The van der Waals surface area contributed by atoms with E-state index in [1.165, 1.54) is 19.2 Å². The zero-order valence-corrected chi connectivity index (χ0v) is 14.1. The summed E-state index contributed by atoms with van der Waals surface area (Å²) in [4.78, 5) is 10.1. The van der Waals surface area contributed by atoms with Crippen molar-refractivity contribution in [3.8, 4) is 17.1 Å². The Labute approximate surface area is 156 Å². The molecule has 0 spiro atoms. The third-order valence-corrected chi connectivity index (χ3v) is 3.44. The van der Waals surface area contributed by atoms with Crippen molar-refractivity contribution in [1.29, 1.82) is 0 Å². The number of hydrogen-bond donors (Lipinski definition) is 1. The Kier molecular flexibility index (Phi) is 5.76. The molecule has 1 heterocycles. The number of rotatable bonds is 7. The average molecular weight is 429 g/mol. The third-order valence-electron chi connectivity index (χ3n) is 3.44. The summed E-state index contributed by atoms with van der Waals surface area (Å²) in [5.74, 6) is -6.59. The van der Waals surface area contributed by atoms with Crippen LogP contribution >= 0.6 is 0 Å². The van der Waals surface area contributed by atoms with Crippen LogP contribution in [0.5, 0.6) is 5.75 Å². The van der Waals surface area contributed by atoms with Gasteiger partial charge in [-0.3, -0.25) is 10.1 Å². The van der Waals surface area contributed by atoms with E-state index in [4.69, 9.17) is 9.15 Å². The Morgan fingerprint density at radius 2 is 1.79 bits per heavy atom. The third kappa shape index (κ3) is 4.41. The monoisotopic (exact) mass is 429 g/mol. The molecule has 1 N–H and O–H groups in total. The van der Waals surface area contributed by atoms with Crippen LogP contribution in [0.3, 0.4) is 0 Å². The van der Waals surface area contributed by atoms with Gasteiger partial charge >= 0.3 is 18.1 Å². The molecule has 0 amide bonds. The van der Waals surface area contributed by atoms with E-state index in [1.807, 2.05) is 0 Å². The summed E-state index contributed by atoms with van der Waals surface area (Å²) >= 11 is 0. The van der Waals surface area contributed by atoms with Crippen LogP contribution in [0.2, 0.25) is 0 Å². The zero-order valence-electron chi connectivity index (χ0n) is 14.1. The standard InChI is InChI=1S/C15H10F7N3O4/c1-28-12-6-8(25(26)27)2-4-10(12)11-5-3-9(29-11)7-23-24-15(21,22)13(16,17)14(18,19)20/h2-7,24H,1H3/b23-7+. The second-order valence-corrected chi connectivity index (χ2v) is 5.36. The molecule has 0 bridgehead atoms. The van der Waals surface area contributed by atoms with Gasteiger partial charge in [-0.25, -0.2) is 5.43 Å². The number of hydrazone groups is 1. The van der Waals surface area contributed by atoms with E-state index in [-0.39, 0.29) is 28.5 Å². The van der Waals surface area contributed by atoms with Gasteiger partial charge in [-0.2, -0.15) is 35.8 Å². The quantitative estimate of drug-likeness (QED) is 0.229. The van der Waals surface area contributed by atoms with Gasteiger partial charge in [-0.15, -0.1) is 0 Å². The predicted octanol–water partition coefficient (Wildman–Crippen LogP) is 4.58.